The lowest BCUT2D eigenvalue weighted by molar-refractivity contribution is 0.339. The maximum absolute atomic E-state index is 5.83. The largest absolute Gasteiger partial charge is 0.468 e. The summed E-state index contributed by atoms with van der Waals surface area (Å²) < 4.78 is 7.51. The quantitative estimate of drug-likeness (QED) is 0.756. The molecule has 4 heteroatoms. The molecule has 0 aliphatic heterocycles. The van der Waals surface area contributed by atoms with Crippen LogP contribution in [0.15, 0.2) is 18.2 Å². The molecule has 0 saturated heterocycles. The molecule has 3 rings (SSSR count). The van der Waals surface area contributed by atoms with Crippen LogP contribution in [0.4, 0.5) is 0 Å². The molecule has 1 aliphatic carbocycles. The van der Waals surface area contributed by atoms with Crippen molar-refractivity contribution < 1.29 is 4.74 Å². The Labute approximate surface area is 110 Å². The number of benzene rings is 1. The average molecular weight is 242 g/mol. The van der Waals surface area contributed by atoms with Crippen molar-refractivity contribution in [3.63, 3.8) is 0 Å². The number of aromatic nitrogens is 2. The molecule has 0 unspecified atom stereocenters. The Morgan fingerprint density at radius 3 is 2.56 bits per heavy atom. The summed E-state index contributed by atoms with van der Waals surface area (Å²) in [7, 11) is 7.48. The van der Waals surface area contributed by atoms with Crippen molar-refractivity contribution >= 4 is 24.3 Å². The van der Waals surface area contributed by atoms with Crippen molar-refractivity contribution in [1.82, 2.24) is 9.55 Å². The first-order valence-corrected chi connectivity index (χ1v) is 6.46. The van der Waals surface area contributed by atoms with Gasteiger partial charge in [0, 0.05) is 5.54 Å². The smallest absolute Gasteiger partial charge is 0.297 e. The first-order valence-electron chi connectivity index (χ1n) is 6.46. The highest BCUT2D eigenvalue weighted by Crippen LogP contribution is 2.47. The van der Waals surface area contributed by atoms with Crippen LogP contribution in [0.5, 0.6) is 6.01 Å². The lowest BCUT2D eigenvalue weighted by Gasteiger charge is -2.14. The predicted molar refractivity (Wildman–Crippen MR) is 75.9 cm³/mol. The second-order valence-electron chi connectivity index (χ2n) is 4.68. The summed E-state index contributed by atoms with van der Waals surface area (Å²) in [5.74, 6) is 0. The molecule has 0 atom stereocenters. The highest BCUT2D eigenvalue weighted by molar-refractivity contribution is 6.33. The van der Waals surface area contributed by atoms with E-state index in [0.717, 1.165) is 16.5 Å². The van der Waals surface area contributed by atoms with Gasteiger partial charge in [-0.3, -0.25) is 4.57 Å². The molecule has 1 aromatic heterocycles. The van der Waals surface area contributed by atoms with Gasteiger partial charge in [-0.1, -0.05) is 25.4 Å². The Morgan fingerprint density at radius 1 is 1.33 bits per heavy atom. The average Bonchev–Trinajstić information content (AvgIpc) is 3.01. The maximum Gasteiger partial charge on any atom is 0.297 e. The third kappa shape index (κ3) is 2.00. The van der Waals surface area contributed by atoms with E-state index >= 15 is 0 Å². The zero-order chi connectivity index (χ0) is 13.3. The molecular formula is C14H19BN2O. The molecule has 2 radical (unpaired) electrons. The lowest BCUT2D eigenvalue weighted by atomic mass is 9.96. The van der Waals surface area contributed by atoms with E-state index in [1.165, 1.54) is 12.8 Å². The van der Waals surface area contributed by atoms with E-state index in [4.69, 9.17) is 12.6 Å². The van der Waals surface area contributed by atoms with Gasteiger partial charge < -0.3 is 4.74 Å². The Hall–Kier alpha value is -1.45. The van der Waals surface area contributed by atoms with Gasteiger partial charge in [-0.05, 0) is 31.9 Å². The summed E-state index contributed by atoms with van der Waals surface area (Å²) in [6.45, 7) is 6.22. The number of imidazole rings is 1. The number of nitrogens with zero attached hydrogens (tertiary/aromatic N) is 2. The molecule has 0 bridgehead atoms. The number of fused-ring (bicyclic) bond motifs is 1. The fourth-order valence-electron chi connectivity index (χ4n) is 2.13. The zero-order valence-corrected chi connectivity index (χ0v) is 11.5. The van der Waals surface area contributed by atoms with Crippen molar-refractivity contribution in [1.29, 1.82) is 0 Å². The Morgan fingerprint density at radius 2 is 2.00 bits per heavy atom. The Kier molecular flexibility index (Phi) is 3.37. The van der Waals surface area contributed by atoms with E-state index < -0.39 is 0 Å². The summed E-state index contributed by atoms with van der Waals surface area (Å²) in [6, 6.07) is 6.46. The molecule has 0 N–H and O–H groups in total. The molecule has 94 valence electrons. The molecule has 0 spiro atoms. The van der Waals surface area contributed by atoms with E-state index in [1.807, 2.05) is 32.0 Å². The minimum atomic E-state index is 0.161. The Bertz CT molecular complexity index is 558. The summed E-state index contributed by atoms with van der Waals surface area (Å²) in [5, 5.41) is 0. The normalized spacial score (nSPS) is 16.0. The summed E-state index contributed by atoms with van der Waals surface area (Å²) in [5.41, 5.74) is 2.94. The number of ether oxygens (including phenoxy) is 1. The number of hydrogen-bond donors (Lipinski definition) is 0. The van der Waals surface area contributed by atoms with Crippen molar-refractivity contribution in [2.75, 3.05) is 7.11 Å². The van der Waals surface area contributed by atoms with Crippen molar-refractivity contribution in [2.24, 2.45) is 0 Å². The van der Waals surface area contributed by atoms with Crippen molar-refractivity contribution in [2.45, 2.75) is 39.2 Å². The van der Waals surface area contributed by atoms with Crippen LogP contribution in [0.1, 0.15) is 33.6 Å². The highest BCUT2D eigenvalue weighted by atomic mass is 16.5. The first kappa shape index (κ1) is 13.0. The van der Waals surface area contributed by atoms with Gasteiger partial charge in [0.25, 0.3) is 6.01 Å². The summed E-state index contributed by atoms with van der Waals surface area (Å²) >= 11 is 0. The molecule has 18 heavy (non-hydrogen) atoms. The maximum atomic E-state index is 5.83. The minimum Gasteiger partial charge on any atom is -0.468 e. The monoisotopic (exact) mass is 242 g/mol. The van der Waals surface area contributed by atoms with Crippen LogP contribution in [0.3, 0.4) is 0 Å². The molecule has 3 nitrogen and oxygen atoms in total. The predicted octanol–water partition coefficient (Wildman–Crippen LogP) is 2.37. The molecule has 1 aromatic carbocycles. The highest BCUT2D eigenvalue weighted by Gasteiger charge is 2.42. The molecule has 1 saturated carbocycles. The summed E-state index contributed by atoms with van der Waals surface area (Å²) in [6.07, 6.45) is 2.34. The van der Waals surface area contributed by atoms with Crippen LogP contribution < -0.4 is 10.2 Å². The minimum absolute atomic E-state index is 0.161. The van der Waals surface area contributed by atoms with Gasteiger partial charge in [0.15, 0.2) is 0 Å². The van der Waals surface area contributed by atoms with Crippen LogP contribution in [0.25, 0.3) is 11.0 Å². The van der Waals surface area contributed by atoms with Gasteiger partial charge in [-0.2, -0.15) is 4.98 Å². The number of methoxy groups -OCH3 is 1. The van der Waals surface area contributed by atoms with Crippen LogP contribution in [-0.4, -0.2) is 24.5 Å². The van der Waals surface area contributed by atoms with Crippen molar-refractivity contribution in [3.8, 4) is 6.01 Å². The van der Waals surface area contributed by atoms with Crippen LogP contribution in [0.2, 0.25) is 0 Å². The van der Waals surface area contributed by atoms with E-state index in [-0.39, 0.29) is 5.54 Å². The van der Waals surface area contributed by atoms with E-state index in [1.54, 1.807) is 7.11 Å². The van der Waals surface area contributed by atoms with E-state index in [2.05, 4.69) is 16.5 Å². The zero-order valence-electron chi connectivity index (χ0n) is 11.5. The molecular weight excluding hydrogens is 223 g/mol. The van der Waals surface area contributed by atoms with E-state index in [9.17, 15) is 0 Å². The van der Waals surface area contributed by atoms with Crippen LogP contribution in [0, 0.1) is 0 Å². The molecule has 1 aliphatic rings. The summed E-state index contributed by atoms with van der Waals surface area (Å²) in [4.78, 5) is 4.46. The lowest BCUT2D eigenvalue weighted by Crippen LogP contribution is -2.14. The molecule has 0 amide bonds. The third-order valence-corrected chi connectivity index (χ3v) is 3.34. The first-order chi connectivity index (χ1) is 8.64. The molecule has 2 aromatic rings. The van der Waals surface area contributed by atoms with Crippen LogP contribution >= 0.6 is 0 Å². The second-order valence-corrected chi connectivity index (χ2v) is 4.68. The van der Waals surface area contributed by atoms with Crippen LogP contribution in [-0.2, 0) is 5.54 Å². The number of rotatable bonds is 2. The van der Waals surface area contributed by atoms with Gasteiger partial charge in [0.2, 0.25) is 0 Å². The third-order valence-electron chi connectivity index (χ3n) is 3.34. The molecule has 1 heterocycles. The Balaban J connectivity index is 0.000000574. The fourth-order valence-corrected chi connectivity index (χ4v) is 2.13. The van der Waals surface area contributed by atoms with Gasteiger partial charge in [-0.25, -0.2) is 0 Å². The van der Waals surface area contributed by atoms with Gasteiger partial charge in [-0.15, -0.1) is 0 Å². The second kappa shape index (κ2) is 4.67. The van der Waals surface area contributed by atoms with Gasteiger partial charge >= 0.3 is 0 Å². The SMILES string of the molecule is CC.[B]c1ccc2nc(OC)n(C3(C)CC3)c2c1. The van der Waals surface area contributed by atoms with E-state index in [0.29, 0.717) is 6.01 Å². The number of hydrogen-bond acceptors (Lipinski definition) is 2. The topological polar surface area (TPSA) is 27.1 Å². The van der Waals surface area contributed by atoms with Crippen molar-refractivity contribution in [3.05, 3.63) is 18.2 Å². The fraction of sp³-hybridized carbons (Fsp3) is 0.500. The molecule has 1 fully saturated rings. The van der Waals surface area contributed by atoms with Gasteiger partial charge in [0.1, 0.15) is 7.85 Å². The standard InChI is InChI=1S/C12H13BN2O.C2H6/c1-12(5-6-12)15-10-7-8(13)3-4-9(10)14-11(15)16-2;1-2/h3-4,7H,5-6H2,1-2H3;1-2H3. The van der Waals surface area contributed by atoms with Gasteiger partial charge in [0.05, 0.1) is 18.1 Å².